The van der Waals surface area contributed by atoms with Gasteiger partial charge in [-0.05, 0) is 39.0 Å². The molecule has 0 aromatic rings. The highest BCUT2D eigenvalue weighted by Gasteiger charge is 2.43. The molecule has 0 saturated heterocycles. The van der Waals surface area contributed by atoms with Crippen LogP contribution in [0.3, 0.4) is 0 Å². The maximum atomic E-state index is 12.1. The fourth-order valence-corrected chi connectivity index (χ4v) is 2.88. The highest BCUT2D eigenvalue weighted by Crippen LogP contribution is 2.44. The summed E-state index contributed by atoms with van der Waals surface area (Å²) in [6.45, 7) is 6.73. The van der Waals surface area contributed by atoms with Gasteiger partial charge in [0.15, 0.2) is 0 Å². The molecule has 0 heterocycles. The summed E-state index contributed by atoms with van der Waals surface area (Å²) in [6, 6.07) is 0. The molecule has 0 aliphatic heterocycles. The molecular weight excluding hydrogens is 200 g/mol. The Morgan fingerprint density at radius 3 is 2.75 bits per heavy atom. The Morgan fingerprint density at radius 1 is 1.38 bits per heavy atom. The van der Waals surface area contributed by atoms with Gasteiger partial charge in [-0.1, -0.05) is 32.6 Å². The predicted octanol–water partition coefficient (Wildman–Crippen LogP) is 3.94. The van der Waals surface area contributed by atoms with Crippen molar-refractivity contribution in [3.63, 3.8) is 0 Å². The molecule has 0 aromatic carbocycles. The van der Waals surface area contributed by atoms with Gasteiger partial charge in [-0.15, -0.1) is 0 Å². The summed E-state index contributed by atoms with van der Waals surface area (Å²) in [7, 11) is 0. The zero-order chi connectivity index (χ0) is 12.0. The van der Waals surface area contributed by atoms with Crippen LogP contribution >= 0.6 is 0 Å². The molecule has 0 radical (unpaired) electrons. The summed E-state index contributed by atoms with van der Waals surface area (Å²) in [5.74, 6) is 0.580. The minimum absolute atomic E-state index is 0.0378. The van der Waals surface area contributed by atoms with Crippen molar-refractivity contribution in [1.82, 2.24) is 0 Å². The Morgan fingerprint density at radius 2 is 2.12 bits per heavy atom. The molecule has 2 nitrogen and oxygen atoms in total. The van der Waals surface area contributed by atoms with E-state index in [1.54, 1.807) is 0 Å². The zero-order valence-electron chi connectivity index (χ0n) is 11.1. The molecule has 0 N–H and O–H groups in total. The van der Waals surface area contributed by atoms with Crippen molar-refractivity contribution in [2.45, 2.75) is 65.7 Å². The number of rotatable bonds is 5. The number of hydrogen-bond acceptors (Lipinski definition) is 2. The van der Waals surface area contributed by atoms with Gasteiger partial charge in [-0.2, -0.15) is 0 Å². The quantitative estimate of drug-likeness (QED) is 0.664. The van der Waals surface area contributed by atoms with Gasteiger partial charge in [0.25, 0.3) is 0 Å². The van der Waals surface area contributed by atoms with Crippen LogP contribution in [-0.4, -0.2) is 12.6 Å². The van der Waals surface area contributed by atoms with Crippen LogP contribution in [0.2, 0.25) is 0 Å². The maximum Gasteiger partial charge on any atom is 0.312 e. The lowest BCUT2D eigenvalue weighted by molar-refractivity contribution is -0.160. The first-order chi connectivity index (χ1) is 7.65. The normalized spacial score (nSPS) is 30.1. The smallest absolute Gasteiger partial charge is 0.312 e. The largest absolute Gasteiger partial charge is 0.466 e. The first-order valence-electron chi connectivity index (χ1n) is 6.82. The Hall–Kier alpha value is -0.530. The van der Waals surface area contributed by atoms with E-state index in [4.69, 9.17) is 4.74 Å². The summed E-state index contributed by atoms with van der Waals surface area (Å²) in [5, 5.41) is 0. The SMILES string of the molecule is CCCC[C@H]1CCCC[C@]1(C)C(=O)OCC. The van der Waals surface area contributed by atoms with Crippen molar-refractivity contribution in [2.75, 3.05) is 6.61 Å². The molecule has 1 saturated carbocycles. The van der Waals surface area contributed by atoms with E-state index in [0.717, 1.165) is 6.42 Å². The van der Waals surface area contributed by atoms with Gasteiger partial charge >= 0.3 is 5.97 Å². The van der Waals surface area contributed by atoms with Gasteiger partial charge in [-0.25, -0.2) is 0 Å². The fourth-order valence-electron chi connectivity index (χ4n) is 2.88. The van der Waals surface area contributed by atoms with Crippen molar-refractivity contribution in [3.8, 4) is 0 Å². The number of esters is 1. The number of unbranched alkanes of at least 4 members (excludes halogenated alkanes) is 1. The second-order valence-corrected chi connectivity index (χ2v) is 5.22. The van der Waals surface area contributed by atoms with Crippen molar-refractivity contribution < 1.29 is 9.53 Å². The minimum Gasteiger partial charge on any atom is -0.466 e. The molecule has 1 fully saturated rings. The van der Waals surface area contributed by atoms with Crippen molar-refractivity contribution >= 4 is 5.97 Å². The lowest BCUT2D eigenvalue weighted by Gasteiger charge is -2.39. The molecular formula is C14H26O2. The lowest BCUT2D eigenvalue weighted by Crippen LogP contribution is -2.39. The summed E-state index contributed by atoms with van der Waals surface area (Å²) in [4.78, 5) is 12.1. The molecule has 2 heteroatoms. The van der Waals surface area contributed by atoms with Crippen molar-refractivity contribution in [3.05, 3.63) is 0 Å². The molecule has 1 rings (SSSR count). The van der Waals surface area contributed by atoms with Gasteiger partial charge in [0.1, 0.15) is 0 Å². The molecule has 1 aliphatic carbocycles. The van der Waals surface area contributed by atoms with Gasteiger partial charge < -0.3 is 4.74 Å². The molecule has 94 valence electrons. The monoisotopic (exact) mass is 226 g/mol. The highest BCUT2D eigenvalue weighted by molar-refractivity contribution is 5.76. The number of carbonyl (C=O) groups excluding carboxylic acids is 1. The van der Waals surface area contributed by atoms with Crippen LogP contribution in [0.15, 0.2) is 0 Å². The Balaban J connectivity index is 2.66. The van der Waals surface area contributed by atoms with Gasteiger partial charge in [-0.3, -0.25) is 4.79 Å². The van der Waals surface area contributed by atoms with Crippen LogP contribution in [0.5, 0.6) is 0 Å². The molecule has 1 aliphatic rings. The average Bonchev–Trinajstić information content (AvgIpc) is 2.28. The van der Waals surface area contributed by atoms with E-state index < -0.39 is 0 Å². The van der Waals surface area contributed by atoms with E-state index in [-0.39, 0.29) is 11.4 Å². The topological polar surface area (TPSA) is 26.3 Å². The van der Waals surface area contributed by atoms with Crippen LogP contribution in [0.25, 0.3) is 0 Å². The van der Waals surface area contributed by atoms with Gasteiger partial charge in [0, 0.05) is 0 Å². The molecule has 0 amide bonds. The molecule has 2 atom stereocenters. The Labute approximate surface area is 99.8 Å². The standard InChI is InChI=1S/C14H26O2/c1-4-6-9-12-10-7-8-11-14(12,3)13(15)16-5-2/h12H,4-11H2,1-3H3/t12-,14-/m0/s1. The third-order valence-electron chi connectivity index (χ3n) is 4.05. The number of hydrogen-bond donors (Lipinski definition) is 0. The molecule has 0 unspecified atom stereocenters. The van der Waals surface area contributed by atoms with Crippen LogP contribution in [0.1, 0.15) is 65.7 Å². The second kappa shape index (κ2) is 6.27. The molecule has 0 aromatic heterocycles. The van der Waals surface area contributed by atoms with Gasteiger partial charge in [0.05, 0.1) is 12.0 Å². The van der Waals surface area contributed by atoms with E-state index >= 15 is 0 Å². The van der Waals surface area contributed by atoms with Crippen LogP contribution in [0.4, 0.5) is 0 Å². The first kappa shape index (κ1) is 13.5. The predicted molar refractivity (Wildman–Crippen MR) is 66.2 cm³/mol. The molecule has 0 bridgehead atoms. The highest BCUT2D eigenvalue weighted by atomic mass is 16.5. The molecule has 0 spiro atoms. The third-order valence-corrected chi connectivity index (χ3v) is 4.05. The summed E-state index contributed by atoms with van der Waals surface area (Å²) in [6.07, 6.45) is 8.32. The number of carbonyl (C=O) groups is 1. The lowest BCUT2D eigenvalue weighted by atomic mass is 9.66. The second-order valence-electron chi connectivity index (χ2n) is 5.22. The maximum absolute atomic E-state index is 12.1. The van der Waals surface area contributed by atoms with Crippen molar-refractivity contribution in [1.29, 1.82) is 0 Å². The van der Waals surface area contributed by atoms with E-state index in [2.05, 4.69) is 13.8 Å². The Bertz CT molecular complexity index is 225. The average molecular weight is 226 g/mol. The third kappa shape index (κ3) is 2.99. The van der Waals surface area contributed by atoms with Gasteiger partial charge in [0.2, 0.25) is 0 Å². The fraction of sp³-hybridized carbons (Fsp3) is 0.929. The Kier molecular flexibility index (Phi) is 5.30. The summed E-state index contributed by atoms with van der Waals surface area (Å²) >= 11 is 0. The first-order valence-corrected chi connectivity index (χ1v) is 6.82. The minimum atomic E-state index is -0.205. The van der Waals surface area contributed by atoms with E-state index in [1.165, 1.54) is 38.5 Å². The summed E-state index contributed by atoms with van der Waals surface area (Å²) in [5.41, 5.74) is -0.205. The zero-order valence-corrected chi connectivity index (χ0v) is 11.1. The summed E-state index contributed by atoms with van der Waals surface area (Å²) < 4.78 is 5.26. The van der Waals surface area contributed by atoms with E-state index in [1.807, 2.05) is 6.92 Å². The van der Waals surface area contributed by atoms with Crippen molar-refractivity contribution in [2.24, 2.45) is 11.3 Å². The van der Waals surface area contributed by atoms with Crippen LogP contribution < -0.4 is 0 Å². The van der Waals surface area contributed by atoms with E-state index in [0.29, 0.717) is 12.5 Å². The van der Waals surface area contributed by atoms with E-state index in [9.17, 15) is 4.79 Å². The number of ether oxygens (including phenoxy) is 1. The van der Waals surface area contributed by atoms with Crippen LogP contribution in [0, 0.1) is 11.3 Å². The molecule has 16 heavy (non-hydrogen) atoms. The van der Waals surface area contributed by atoms with Crippen LogP contribution in [-0.2, 0) is 9.53 Å².